The largest absolute Gasteiger partial charge is 0.454 e. The van der Waals surface area contributed by atoms with Gasteiger partial charge in [-0.2, -0.15) is 0 Å². The summed E-state index contributed by atoms with van der Waals surface area (Å²) in [6.45, 7) is 0.537. The molecule has 1 amide bonds. The standard InChI is InChI=1S/C23H21FN2O5S/c1-32(28,29)26(14-16-2-7-19(24)8-3-16)20-9-5-18(6-10-20)23(27)25-13-17-4-11-21-22(12-17)31-15-30-21/h2-12H,13-15H2,1H3,(H,25,27). The van der Waals surface area contributed by atoms with Crippen LogP contribution in [0.15, 0.2) is 66.7 Å². The highest BCUT2D eigenvalue weighted by Crippen LogP contribution is 2.32. The molecule has 1 N–H and O–H groups in total. The van der Waals surface area contributed by atoms with Crippen LogP contribution in [0.3, 0.4) is 0 Å². The van der Waals surface area contributed by atoms with Crippen molar-refractivity contribution in [3.8, 4) is 11.5 Å². The van der Waals surface area contributed by atoms with Crippen molar-refractivity contribution >= 4 is 21.6 Å². The molecule has 7 nitrogen and oxygen atoms in total. The smallest absolute Gasteiger partial charge is 0.251 e. The van der Waals surface area contributed by atoms with E-state index in [0.29, 0.717) is 34.9 Å². The third-order valence-corrected chi connectivity index (χ3v) is 6.09. The van der Waals surface area contributed by atoms with Gasteiger partial charge in [0, 0.05) is 12.1 Å². The molecule has 0 aliphatic carbocycles. The quantitative estimate of drug-likeness (QED) is 0.589. The minimum atomic E-state index is -3.59. The first-order valence-electron chi connectivity index (χ1n) is 9.78. The van der Waals surface area contributed by atoms with Crippen LogP contribution in [0.4, 0.5) is 10.1 Å². The van der Waals surface area contributed by atoms with E-state index < -0.39 is 15.8 Å². The number of carbonyl (C=O) groups excluding carboxylic acids is 1. The molecule has 0 unspecified atom stereocenters. The van der Waals surface area contributed by atoms with Crippen LogP contribution in [-0.4, -0.2) is 27.4 Å². The molecule has 0 bridgehead atoms. The Balaban J connectivity index is 1.44. The molecular formula is C23H21FN2O5S. The van der Waals surface area contributed by atoms with Crippen LogP contribution in [0, 0.1) is 5.82 Å². The Morgan fingerprint density at radius 1 is 0.969 bits per heavy atom. The Hall–Kier alpha value is -3.59. The van der Waals surface area contributed by atoms with E-state index in [1.54, 1.807) is 30.3 Å². The number of hydrogen-bond donors (Lipinski definition) is 1. The minimum Gasteiger partial charge on any atom is -0.454 e. The lowest BCUT2D eigenvalue weighted by Gasteiger charge is -2.22. The number of ether oxygens (including phenoxy) is 2. The van der Waals surface area contributed by atoms with Crippen LogP contribution in [0.25, 0.3) is 0 Å². The van der Waals surface area contributed by atoms with Crippen molar-refractivity contribution in [1.29, 1.82) is 0 Å². The summed E-state index contributed by atoms with van der Waals surface area (Å²) < 4.78 is 49.6. The van der Waals surface area contributed by atoms with Gasteiger partial charge in [-0.15, -0.1) is 0 Å². The average Bonchev–Trinajstić information content (AvgIpc) is 3.24. The lowest BCUT2D eigenvalue weighted by molar-refractivity contribution is 0.0951. The van der Waals surface area contributed by atoms with Crippen LogP contribution < -0.4 is 19.1 Å². The summed E-state index contributed by atoms with van der Waals surface area (Å²) in [5, 5.41) is 2.83. The van der Waals surface area contributed by atoms with Gasteiger partial charge in [-0.1, -0.05) is 18.2 Å². The molecule has 3 aromatic carbocycles. The monoisotopic (exact) mass is 456 g/mol. The number of amides is 1. The highest BCUT2D eigenvalue weighted by molar-refractivity contribution is 7.92. The summed E-state index contributed by atoms with van der Waals surface area (Å²) >= 11 is 0. The van der Waals surface area contributed by atoms with E-state index >= 15 is 0 Å². The fraction of sp³-hybridized carbons (Fsp3) is 0.174. The van der Waals surface area contributed by atoms with Crippen molar-refractivity contribution in [3.05, 3.63) is 89.2 Å². The van der Waals surface area contributed by atoms with Gasteiger partial charge in [-0.05, 0) is 59.7 Å². The number of anilines is 1. The zero-order chi connectivity index (χ0) is 22.7. The number of halogens is 1. The summed E-state index contributed by atoms with van der Waals surface area (Å²) in [5.41, 5.74) is 2.30. The Kier molecular flexibility index (Phi) is 6.00. The first-order chi connectivity index (χ1) is 15.3. The molecule has 0 fully saturated rings. The van der Waals surface area contributed by atoms with Gasteiger partial charge < -0.3 is 14.8 Å². The number of sulfonamides is 1. The van der Waals surface area contributed by atoms with Gasteiger partial charge in [-0.3, -0.25) is 9.10 Å². The molecule has 1 aliphatic heterocycles. The Morgan fingerprint density at radius 3 is 2.31 bits per heavy atom. The number of fused-ring (bicyclic) bond motifs is 1. The van der Waals surface area contributed by atoms with E-state index in [1.165, 1.54) is 28.6 Å². The van der Waals surface area contributed by atoms with Crippen molar-refractivity contribution in [3.63, 3.8) is 0 Å². The van der Waals surface area contributed by atoms with Crippen molar-refractivity contribution < 1.29 is 27.1 Å². The van der Waals surface area contributed by atoms with Gasteiger partial charge >= 0.3 is 0 Å². The molecular weight excluding hydrogens is 435 g/mol. The first-order valence-corrected chi connectivity index (χ1v) is 11.6. The zero-order valence-electron chi connectivity index (χ0n) is 17.2. The SMILES string of the molecule is CS(=O)(=O)N(Cc1ccc(F)cc1)c1ccc(C(=O)NCc2ccc3c(c2)OCO3)cc1. The van der Waals surface area contributed by atoms with E-state index in [1.807, 2.05) is 12.1 Å². The maximum atomic E-state index is 13.1. The van der Waals surface area contributed by atoms with Crippen LogP contribution in [0.2, 0.25) is 0 Å². The van der Waals surface area contributed by atoms with Crippen molar-refractivity contribution in [2.24, 2.45) is 0 Å². The van der Waals surface area contributed by atoms with Crippen molar-refractivity contribution in [2.45, 2.75) is 13.1 Å². The van der Waals surface area contributed by atoms with E-state index in [-0.39, 0.29) is 19.2 Å². The van der Waals surface area contributed by atoms with E-state index in [2.05, 4.69) is 5.32 Å². The highest BCUT2D eigenvalue weighted by Gasteiger charge is 2.19. The fourth-order valence-corrected chi connectivity index (χ4v) is 4.16. The molecule has 4 rings (SSSR count). The second-order valence-corrected chi connectivity index (χ2v) is 9.22. The molecule has 0 saturated carbocycles. The molecule has 3 aromatic rings. The average molecular weight is 456 g/mol. The first kappa shape index (κ1) is 21.6. The van der Waals surface area contributed by atoms with Gasteiger partial charge in [0.1, 0.15) is 5.82 Å². The molecule has 0 aromatic heterocycles. The normalized spacial score (nSPS) is 12.4. The topological polar surface area (TPSA) is 84.9 Å². The zero-order valence-corrected chi connectivity index (χ0v) is 18.1. The lowest BCUT2D eigenvalue weighted by atomic mass is 10.1. The van der Waals surface area contributed by atoms with Gasteiger partial charge in [0.25, 0.3) is 5.91 Å². The summed E-state index contributed by atoms with van der Waals surface area (Å²) in [7, 11) is -3.59. The number of nitrogens with one attached hydrogen (secondary N) is 1. The molecule has 166 valence electrons. The van der Waals surface area contributed by atoms with Gasteiger partial charge in [-0.25, -0.2) is 12.8 Å². The lowest BCUT2D eigenvalue weighted by Crippen LogP contribution is -2.29. The van der Waals surface area contributed by atoms with Gasteiger partial charge in [0.05, 0.1) is 18.5 Å². The van der Waals surface area contributed by atoms with Crippen LogP contribution in [0.1, 0.15) is 21.5 Å². The predicted molar refractivity (Wildman–Crippen MR) is 118 cm³/mol. The second-order valence-electron chi connectivity index (χ2n) is 7.31. The Bertz CT molecular complexity index is 1230. The molecule has 9 heteroatoms. The van der Waals surface area contributed by atoms with Crippen LogP contribution >= 0.6 is 0 Å². The van der Waals surface area contributed by atoms with Gasteiger partial charge in [0.2, 0.25) is 16.8 Å². The summed E-state index contributed by atoms with van der Waals surface area (Å²) in [6, 6.07) is 17.3. The number of carbonyl (C=O) groups is 1. The molecule has 32 heavy (non-hydrogen) atoms. The van der Waals surface area contributed by atoms with E-state index in [9.17, 15) is 17.6 Å². The number of nitrogens with zero attached hydrogens (tertiary/aromatic N) is 1. The minimum absolute atomic E-state index is 0.0504. The van der Waals surface area contributed by atoms with Crippen molar-refractivity contribution in [2.75, 3.05) is 17.4 Å². The summed E-state index contributed by atoms with van der Waals surface area (Å²) in [5.74, 6) is 0.629. The summed E-state index contributed by atoms with van der Waals surface area (Å²) in [6.07, 6.45) is 1.10. The molecule has 0 spiro atoms. The maximum Gasteiger partial charge on any atom is 0.251 e. The Labute approximate surface area is 185 Å². The fourth-order valence-electron chi connectivity index (χ4n) is 3.27. The van der Waals surface area contributed by atoms with Gasteiger partial charge in [0.15, 0.2) is 11.5 Å². The molecule has 1 aliphatic rings. The number of hydrogen-bond acceptors (Lipinski definition) is 5. The predicted octanol–water partition coefficient (Wildman–Crippen LogP) is 3.45. The highest BCUT2D eigenvalue weighted by atomic mass is 32.2. The third-order valence-electron chi connectivity index (χ3n) is 4.95. The van der Waals surface area contributed by atoms with Crippen molar-refractivity contribution in [1.82, 2.24) is 5.32 Å². The summed E-state index contributed by atoms with van der Waals surface area (Å²) in [4.78, 5) is 12.5. The Morgan fingerprint density at radius 2 is 1.62 bits per heavy atom. The molecule has 0 atom stereocenters. The molecule has 0 radical (unpaired) electrons. The van der Waals surface area contributed by atoms with Crippen LogP contribution in [-0.2, 0) is 23.1 Å². The number of rotatable bonds is 7. The van der Waals surface area contributed by atoms with E-state index in [0.717, 1.165) is 11.8 Å². The maximum absolute atomic E-state index is 13.1. The second kappa shape index (κ2) is 8.88. The third kappa shape index (κ3) is 5.00. The molecule has 1 heterocycles. The van der Waals surface area contributed by atoms with Crippen LogP contribution in [0.5, 0.6) is 11.5 Å². The molecule has 0 saturated heterocycles. The number of benzene rings is 3. The van der Waals surface area contributed by atoms with E-state index in [4.69, 9.17) is 9.47 Å².